The average Bonchev–Trinajstić information content (AvgIpc) is 2.33. The van der Waals surface area contributed by atoms with Crippen LogP contribution in [0.5, 0.6) is 0 Å². The maximum absolute atomic E-state index is 11.1. The molecule has 0 aliphatic rings. The van der Waals surface area contributed by atoms with E-state index in [-0.39, 0.29) is 0 Å². The molecule has 0 unspecified atom stereocenters. The van der Waals surface area contributed by atoms with E-state index in [4.69, 9.17) is 0 Å². The lowest BCUT2D eigenvalue weighted by molar-refractivity contribution is -0.266. The fraction of sp³-hybridized carbons (Fsp3) is 0.154. The molecule has 1 rings (SSSR count). The molecule has 0 saturated heterocycles. The fourth-order valence-corrected chi connectivity index (χ4v) is 0.987. The van der Waals surface area contributed by atoms with Crippen molar-refractivity contribution in [3.8, 4) is 0 Å². The van der Waals surface area contributed by atoms with Crippen molar-refractivity contribution >= 4 is 12.0 Å². The van der Waals surface area contributed by atoms with E-state index in [0.29, 0.717) is 13.0 Å². The standard InChI is InChI=1S/C13H14O3/c1-2-3-11-15-16-13(14)10-9-12-7-5-4-6-8-12/h2,4-10H,1,3,11H2/b10-9+. The molecule has 0 saturated carbocycles. The zero-order valence-corrected chi connectivity index (χ0v) is 8.96. The Balaban J connectivity index is 2.29. The van der Waals surface area contributed by atoms with Crippen LogP contribution in [0.25, 0.3) is 6.08 Å². The summed E-state index contributed by atoms with van der Waals surface area (Å²) in [6, 6.07) is 9.48. The van der Waals surface area contributed by atoms with Gasteiger partial charge < -0.3 is 0 Å². The number of hydrogen-bond acceptors (Lipinski definition) is 3. The molecular formula is C13H14O3. The van der Waals surface area contributed by atoms with Crippen molar-refractivity contribution in [2.45, 2.75) is 6.42 Å². The molecule has 1 aromatic rings. The van der Waals surface area contributed by atoms with Gasteiger partial charge in [-0.3, -0.25) is 4.89 Å². The van der Waals surface area contributed by atoms with Crippen LogP contribution in [0.3, 0.4) is 0 Å². The molecule has 0 N–H and O–H groups in total. The van der Waals surface area contributed by atoms with Gasteiger partial charge in [-0.2, -0.15) is 4.89 Å². The van der Waals surface area contributed by atoms with E-state index in [9.17, 15) is 4.79 Å². The van der Waals surface area contributed by atoms with Crippen LogP contribution in [0.4, 0.5) is 0 Å². The summed E-state index contributed by atoms with van der Waals surface area (Å²) < 4.78 is 0. The lowest BCUT2D eigenvalue weighted by atomic mass is 10.2. The summed E-state index contributed by atoms with van der Waals surface area (Å²) in [5.41, 5.74) is 0.936. The summed E-state index contributed by atoms with van der Waals surface area (Å²) >= 11 is 0. The van der Waals surface area contributed by atoms with Crippen molar-refractivity contribution in [3.63, 3.8) is 0 Å². The Morgan fingerprint density at radius 2 is 2.06 bits per heavy atom. The normalized spacial score (nSPS) is 10.2. The third-order valence-electron chi connectivity index (χ3n) is 1.76. The summed E-state index contributed by atoms with van der Waals surface area (Å²) in [5, 5.41) is 0. The summed E-state index contributed by atoms with van der Waals surface area (Å²) in [6.45, 7) is 3.85. The van der Waals surface area contributed by atoms with Gasteiger partial charge >= 0.3 is 5.97 Å². The van der Waals surface area contributed by atoms with Crippen molar-refractivity contribution in [2.75, 3.05) is 6.61 Å². The molecule has 0 aliphatic carbocycles. The van der Waals surface area contributed by atoms with E-state index in [1.165, 1.54) is 6.08 Å². The molecule has 0 atom stereocenters. The second-order valence-electron chi connectivity index (χ2n) is 3.05. The van der Waals surface area contributed by atoms with Gasteiger partial charge in [-0.25, -0.2) is 4.79 Å². The highest BCUT2D eigenvalue weighted by Crippen LogP contribution is 2.01. The van der Waals surface area contributed by atoms with Crippen LogP contribution in [-0.2, 0) is 14.6 Å². The molecule has 0 aliphatic heterocycles. The lowest BCUT2D eigenvalue weighted by Crippen LogP contribution is -2.02. The number of carbonyl (C=O) groups excluding carboxylic acids is 1. The summed E-state index contributed by atoms with van der Waals surface area (Å²) in [7, 11) is 0. The topological polar surface area (TPSA) is 35.5 Å². The molecule has 84 valence electrons. The molecule has 0 heterocycles. The fourth-order valence-electron chi connectivity index (χ4n) is 0.987. The predicted octanol–water partition coefficient (Wildman–Crippen LogP) is 2.75. The highest BCUT2D eigenvalue weighted by atomic mass is 17.2. The number of carbonyl (C=O) groups is 1. The summed E-state index contributed by atoms with van der Waals surface area (Å²) in [4.78, 5) is 20.3. The third kappa shape index (κ3) is 5.12. The minimum Gasteiger partial charge on any atom is -0.294 e. The maximum atomic E-state index is 11.1. The van der Waals surface area contributed by atoms with E-state index < -0.39 is 5.97 Å². The van der Waals surface area contributed by atoms with Crippen molar-refractivity contribution in [1.29, 1.82) is 0 Å². The molecule has 16 heavy (non-hydrogen) atoms. The van der Waals surface area contributed by atoms with Gasteiger partial charge in [0, 0.05) is 6.08 Å². The van der Waals surface area contributed by atoms with E-state index in [1.54, 1.807) is 12.2 Å². The van der Waals surface area contributed by atoms with Crippen LogP contribution in [0.15, 0.2) is 49.1 Å². The number of rotatable bonds is 6. The first-order chi connectivity index (χ1) is 7.83. The van der Waals surface area contributed by atoms with Crippen molar-refractivity contribution < 1.29 is 14.6 Å². The maximum Gasteiger partial charge on any atom is 0.365 e. The first kappa shape index (κ1) is 12.2. The van der Waals surface area contributed by atoms with Crippen LogP contribution in [0.2, 0.25) is 0 Å². The summed E-state index contributed by atoms with van der Waals surface area (Å²) in [6.07, 6.45) is 5.33. The van der Waals surface area contributed by atoms with Crippen molar-refractivity contribution in [1.82, 2.24) is 0 Å². The van der Waals surface area contributed by atoms with Gasteiger partial charge in [0.05, 0.1) is 6.61 Å². The highest BCUT2D eigenvalue weighted by molar-refractivity contribution is 5.86. The zero-order chi connectivity index (χ0) is 11.6. The van der Waals surface area contributed by atoms with Gasteiger partial charge in [-0.15, -0.1) is 6.58 Å². The van der Waals surface area contributed by atoms with Gasteiger partial charge in [-0.05, 0) is 18.1 Å². The van der Waals surface area contributed by atoms with Gasteiger partial charge in [0.25, 0.3) is 0 Å². The van der Waals surface area contributed by atoms with E-state index in [1.807, 2.05) is 30.3 Å². The average molecular weight is 218 g/mol. The smallest absolute Gasteiger partial charge is 0.294 e. The predicted molar refractivity (Wildman–Crippen MR) is 62.3 cm³/mol. The van der Waals surface area contributed by atoms with E-state index in [2.05, 4.69) is 16.4 Å². The van der Waals surface area contributed by atoms with Gasteiger partial charge in [0.15, 0.2) is 0 Å². The third-order valence-corrected chi connectivity index (χ3v) is 1.76. The number of hydrogen-bond donors (Lipinski definition) is 0. The van der Waals surface area contributed by atoms with Gasteiger partial charge in [-0.1, -0.05) is 36.4 Å². The molecule has 0 radical (unpaired) electrons. The van der Waals surface area contributed by atoms with Crippen LogP contribution >= 0.6 is 0 Å². The van der Waals surface area contributed by atoms with Crippen LogP contribution < -0.4 is 0 Å². The minimum atomic E-state index is -0.520. The second kappa shape index (κ2) is 7.43. The Morgan fingerprint density at radius 3 is 2.75 bits per heavy atom. The first-order valence-corrected chi connectivity index (χ1v) is 5.00. The Labute approximate surface area is 94.9 Å². The lowest BCUT2D eigenvalue weighted by Gasteiger charge is -1.98. The van der Waals surface area contributed by atoms with Crippen LogP contribution in [0, 0.1) is 0 Å². The molecule has 0 spiro atoms. The quantitative estimate of drug-likeness (QED) is 0.242. The minimum absolute atomic E-state index is 0.328. The first-order valence-electron chi connectivity index (χ1n) is 5.00. The molecule has 0 fully saturated rings. The van der Waals surface area contributed by atoms with Gasteiger partial charge in [0.1, 0.15) is 0 Å². The van der Waals surface area contributed by atoms with Crippen molar-refractivity contribution in [3.05, 3.63) is 54.6 Å². The van der Waals surface area contributed by atoms with Crippen LogP contribution in [-0.4, -0.2) is 12.6 Å². The number of benzene rings is 1. The van der Waals surface area contributed by atoms with E-state index >= 15 is 0 Å². The Morgan fingerprint density at radius 1 is 1.31 bits per heavy atom. The Kier molecular flexibility index (Phi) is 5.66. The summed E-state index contributed by atoms with van der Waals surface area (Å²) in [5.74, 6) is -0.520. The molecule has 3 nitrogen and oxygen atoms in total. The Bertz CT molecular complexity index is 355. The molecule has 0 bridgehead atoms. The Hall–Kier alpha value is -1.87. The molecule has 0 amide bonds. The monoisotopic (exact) mass is 218 g/mol. The van der Waals surface area contributed by atoms with Gasteiger partial charge in [0.2, 0.25) is 0 Å². The second-order valence-corrected chi connectivity index (χ2v) is 3.05. The molecular weight excluding hydrogens is 204 g/mol. The molecule has 0 aromatic heterocycles. The largest absolute Gasteiger partial charge is 0.365 e. The SMILES string of the molecule is C=CCCOOC(=O)/C=C/c1ccccc1. The molecule has 1 aromatic carbocycles. The van der Waals surface area contributed by atoms with Crippen molar-refractivity contribution in [2.24, 2.45) is 0 Å². The van der Waals surface area contributed by atoms with E-state index in [0.717, 1.165) is 5.56 Å². The molecule has 3 heteroatoms. The zero-order valence-electron chi connectivity index (χ0n) is 8.96. The highest BCUT2D eigenvalue weighted by Gasteiger charge is 1.96. The van der Waals surface area contributed by atoms with Crippen LogP contribution in [0.1, 0.15) is 12.0 Å².